The average Bonchev–Trinajstić information content (AvgIpc) is 2.15. The Hall–Kier alpha value is -1.25. The van der Waals surface area contributed by atoms with Crippen LogP contribution in [-0.4, -0.2) is 36.1 Å². The molecule has 1 N–H and O–H groups in total. The van der Waals surface area contributed by atoms with Crippen LogP contribution in [-0.2, 0) is 9.53 Å². The second kappa shape index (κ2) is 7.24. The van der Waals surface area contributed by atoms with Gasteiger partial charge in [0.05, 0.1) is 6.61 Å². The Bertz CT molecular complexity index is 267. The van der Waals surface area contributed by atoms with Crippen molar-refractivity contribution in [1.82, 2.24) is 0 Å². The van der Waals surface area contributed by atoms with Crippen LogP contribution in [0.5, 0.6) is 0 Å². The summed E-state index contributed by atoms with van der Waals surface area (Å²) in [6, 6.07) is 0. The zero-order chi connectivity index (χ0) is 15.1. The highest BCUT2D eigenvalue weighted by atomic mass is 19.4. The summed E-state index contributed by atoms with van der Waals surface area (Å²) in [7, 11) is 0. The average molecular weight is 282 g/mol. The molecule has 0 aliphatic heterocycles. The SMILES string of the molecule is C=C(C)C(=O)OCC.OC(C(F)(F)F)C(F)(F)F. The van der Waals surface area contributed by atoms with E-state index in [9.17, 15) is 31.1 Å². The van der Waals surface area contributed by atoms with E-state index in [1.165, 1.54) is 0 Å². The highest BCUT2D eigenvalue weighted by molar-refractivity contribution is 5.86. The molecule has 0 amide bonds. The fourth-order valence-corrected chi connectivity index (χ4v) is 0.440. The van der Waals surface area contributed by atoms with Gasteiger partial charge in [0.25, 0.3) is 0 Å². The van der Waals surface area contributed by atoms with Gasteiger partial charge in [-0.15, -0.1) is 0 Å². The predicted molar refractivity (Wildman–Crippen MR) is 49.6 cm³/mol. The Morgan fingerprint density at radius 2 is 1.56 bits per heavy atom. The van der Waals surface area contributed by atoms with E-state index in [1.807, 2.05) is 0 Å². The monoisotopic (exact) mass is 282 g/mol. The lowest BCUT2D eigenvalue weighted by Gasteiger charge is -2.16. The number of aliphatic hydroxyl groups is 1. The molecule has 0 aromatic carbocycles. The molecule has 0 saturated carbocycles. The number of ether oxygens (including phenoxy) is 1. The highest BCUT2D eigenvalue weighted by Crippen LogP contribution is 2.32. The number of carbonyl (C=O) groups is 1. The van der Waals surface area contributed by atoms with Gasteiger partial charge in [-0.1, -0.05) is 6.58 Å². The lowest BCUT2D eigenvalue weighted by molar-refractivity contribution is -0.308. The second-order valence-electron chi connectivity index (χ2n) is 2.99. The van der Waals surface area contributed by atoms with E-state index in [0.717, 1.165) is 0 Å². The van der Waals surface area contributed by atoms with Crippen LogP contribution in [0.2, 0.25) is 0 Å². The Balaban J connectivity index is 0. The first-order chi connectivity index (χ1) is 7.84. The van der Waals surface area contributed by atoms with Crippen LogP contribution in [0.25, 0.3) is 0 Å². The maximum absolute atomic E-state index is 11.0. The molecule has 3 nitrogen and oxygen atoms in total. The van der Waals surface area contributed by atoms with Crippen molar-refractivity contribution < 1.29 is 41.0 Å². The molecule has 0 radical (unpaired) electrons. The molecule has 0 rings (SSSR count). The molecule has 0 aliphatic carbocycles. The van der Waals surface area contributed by atoms with Crippen molar-refractivity contribution in [1.29, 1.82) is 0 Å². The first-order valence-corrected chi connectivity index (χ1v) is 4.48. The molecule has 0 bridgehead atoms. The molecule has 0 aromatic heterocycles. The fraction of sp³-hybridized carbons (Fsp3) is 0.667. The number of hydrogen-bond acceptors (Lipinski definition) is 3. The number of esters is 1. The third-order valence-corrected chi connectivity index (χ3v) is 1.24. The van der Waals surface area contributed by atoms with E-state index < -0.39 is 18.5 Å². The van der Waals surface area contributed by atoms with Crippen molar-refractivity contribution in [3.05, 3.63) is 12.2 Å². The number of alkyl halides is 6. The summed E-state index contributed by atoms with van der Waals surface area (Å²) in [6.45, 7) is 7.21. The molecule has 0 atom stereocenters. The van der Waals surface area contributed by atoms with Crippen LogP contribution < -0.4 is 0 Å². The number of halogens is 6. The largest absolute Gasteiger partial charge is 0.463 e. The Labute approximate surface area is 99.0 Å². The van der Waals surface area contributed by atoms with Crippen LogP contribution in [0, 0.1) is 0 Å². The molecular weight excluding hydrogens is 270 g/mol. The molecule has 18 heavy (non-hydrogen) atoms. The number of aliphatic hydroxyl groups excluding tert-OH is 1. The van der Waals surface area contributed by atoms with Gasteiger partial charge in [-0.25, -0.2) is 4.79 Å². The molecule has 0 unspecified atom stereocenters. The van der Waals surface area contributed by atoms with Gasteiger partial charge < -0.3 is 9.84 Å². The van der Waals surface area contributed by atoms with E-state index in [4.69, 9.17) is 5.11 Å². The van der Waals surface area contributed by atoms with Crippen molar-refractivity contribution in [3.8, 4) is 0 Å². The number of rotatable bonds is 2. The standard InChI is InChI=1S/C6H10O2.C3H2F6O/c1-4-8-6(7)5(2)3;4-2(5,6)1(10)3(7,8)9/h2,4H2,1,3H3;1,10H. The third-order valence-electron chi connectivity index (χ3n) is 1.24. The minimum atomic E-state index is -5.63. The Morgan fingerprint density at radius 3 is 1.61 bits per heavy atom. The fourth-order valence-electron chi connectivity index (χ4n) is 0.440. The third kappa shape index (κ3) is 8.85. The molecule has 0 aromatic rings. The molecule has 0 heterocycles. The zero-order valence-corrected chi connectivity index (χ0v) is 9.52. The van der Waals surface area contributed by atoms with Gasteiger partial charge in [-0.2, -0.15) is 26.3 Å². The molecule has 9 heteroatoms. The van der Waals surface area contributed by atoms with Gasteiger partial charge in [0, 0.05) is 5.57 Å². The number of hydrogen-bond donors (Lipinski definition) is 1. The second-order valence-corrected chi connectivity index (χ2v) is 2.99. The Morgan fingerprint density at radius 1 is 1.22 bits per heavy atom. The smallest absolute Gasteiger partial charge is 0.423 e. The molecular formula is C9H12F6O3. The van der Waals surface area contributed by atoms with Crippen LogP contribution in [0.1, 0.15) is 13.8 Å². The minimum Gasteiger partial charge on any atom is -0.463 e. The summed E-state index contributed by atoms with van der Waals surface area (Å²) < 4.78 is 70.4. The van der Waals surface area contributed by atoms with Crippen molar-refractivity contribution in [3.63, 3.8) is 0 Å². The summed E-state index contributed by atoms with van der Waals surface area (Å²) in [6.07, 6.45) is -15.5. The summed E-state index contributed by atoms with van der Waals surface area (Å²) in [5, 5.41) is 7.47. The van der Waals surface area contributed by atoms with E-state index in [2.05, 4.69) is 11.3 Å². The van der Waals surface area contributed by atoms with E-state index >= 15 is 0 Å². The van der Waals surface area contributed by atoms with Gasteiger partial charge in [0.1, 0.15) is 0 Å². The predicted octanol–water partition coefficient (Wildman–Crippen LogP) is 2.60. The maximum Gasteiger partial charge on any atom is 0.423 e. The van der Waals surface area contributed by atoms with Crippen molar-refractivity contribution >= 4 is 5.97 Å². The lowest BCUT2D eigenvalue weighted by atomic mass is 10.3. The first-order valence-electron chi connectivity index (χ1n) is 4.48. The lowest BCUT2D eigenvalue weighted by Crippen LogP contribution is -2.41. The van der Waals surface area contributed by atoms with Crippen molar-refractivity contribution in [2.45, 2.75) is 32.3 Å². The van der Waals surface area contributed by atoms with Gasteiger partial charge in [-0.3, -0.25) is 0 Å². The van der Waals surface area contributed by atoms with Crippen LogP contribution in [0.4, 0.5) is 26.3 Å². The molecule has 0 aliphatic rings. The van der Waals surface area contributed by atoms with E-state index in [1.54, 1.807) is 13.8 Å². The molecule has 0 fully saturated rings. The minimum absolute atomic E-state index is 0.312. The summed E-state index contributed by atoms with van der Waals surface area (Å²) in [5.74, 6) is -0.312. The van der Waals surface area contributed by atoms with Crippen LogP contribution >= 0.6 is 0 Å². The van der Waals surface area contributed by atoms with Gasteiger partial charge >= 0.3 is 18.3 Å². The summed E-state index contributed by atoms with van der Waals surface area (Å²) >= 11 is 0. The van der Waals surface area contributed by atoms with E-state index in [0.29, 0.717) is 12.2 Å². The number of carbonyl (C=O) groups excluding carboxylic acids is 1. The van der Waals surface area contributed by atoms with Gasteiger partial charge in [0.15, 0.2) is 0 Å². The highest BCUT2D eigenvalue weighted by Gasteiger charge is 2.55. The van der Waals surface area contributed by atoms with Gasteiger partial charge in [0.2, 0.25) is 6.10 Å². The maximum atomic E-state index is 11.0. The molecule has 0 saturated heterocycles. The van der Waals surface area contributed by atoms with Crippen LogP contribution in [0.3, 0.4) is 0 Å². The summed E-state index contributed by atoms with van der Waals surface area (Å²) in [5.41, 5.74) is 0.451. The topological polar surface area (TPSA) is 46.5 Å². The van der Waals surface area contributed by atoms with Crippen LogP contribution in [0.15, 0.2) is 12.2 Å². The first kappa shape index (κ1) is 19.1. The molecule has 0 spiro atoms. The van der Waals surface area contributed by atoms with Crippen molar-refractivity contribution in [2.75, 3.05) is 6.61 Å². The van der Waals surface area contributed by atoms with E-state index in [-0.39, 0.29) is 5.97 Å². The normalized spacial score (nSPS) is 11.7. The quantitative estimate of drug-likeness (QED) is 0.481. The zero-order valence-electron chi connectivity index (χ0n) is 9.52. The van der Waals surface area contributed by atoms with Gasteiger partial charge in [-0.05, 0) is 13.8 Å². The summed E-state index contributed by atoms with van der Waals surface area (Å²) in [4.78, 5) is 10.4. The Kier molecular flexibility index (Phi) is 7.69. The van der Waals surface area contributed by atoms with Crippen molar-refractivity contribution in [2.24, 2.45) is 0 Å². The molecule has 108 valence electrons.